The minimum atomic E-state index is -1.08. The smallest absolute Gasteiger partial charge is 0.303 e. The number of nitrogens with zero attached hydrogens (tertiary/aromatic N) is 4. The van der Waals surface area contributed by atoms with Gasteiger partial charge in [-0.2, -0.15) is 4.98 Å². The summed E-state index contributed by atoms with van der Waals surface area (Å²) in [6, 6.07) is 0. The Morgan fingerprint density at radius 3 is 2.34 bits per heavy atom. The quantitative estimate of drug-likeness (QED) is 0.287. The number of ether oxygens (including phenoxy) is 4. The van der Waals surface area contributed by atoms with Gasteiger partial charge in [-0.05, 0) is 11.6 Å². The number of carbonyl (C=O) groups excluding carboxylic acids is 3. The number of hydrogen-bond donors (Lipinski definition) is 0. The molecular weight excluding hydrogens is 431 g/mol. The van der Waals surface area contributed by atoms with E-state index in [1.54, 1.807) is 0 Å². The molecule has 11 nitrogen and oxygen atoms in total. The Kier molecular flexibility index (Phi) is 6.20. The molecule has 1 aliphatic heterocycles. The van der Waals surface area contributed by atoms with Crippen LogP contribution >= 0.6 is 23.2 Å². The van der Waals surface area contributed by atoms with E-state index in [-0.39, 0.29) is 28.2 Å². The van der Waals surface area contributed by atoms with E-state index < -0.39 is 42.4 Å². The summed E-state index contributed by atoms with van der Waals surface area (Å²) < 4.78 is 23.0. The van der Waals surface area contributed by atoms with E-state index in [1.165, 1.54) is 31.7 Å². The third-order valence-electron chi connectivity index (χ3n) is 3.97. The zero-order chi connectivity index (χ0) is 21.3. The number of aromatic nitrogens is 4. The fourth-order valence-electron chi connectivity index (χ4n) is 2.96. The lowest BCUT2D eigenvalue weighted by Gasteiger charge is -2.23. The molecule has 0 aliphatic carbocycles. The first-order chi connectivity index (χ1) is 13.7. The van der Waals surface area contributed by atoms with Gasteiger partial charge in [0.15, 0.2) is 29.2 Å². The van der Waals surface area contributed by atoms with Crippen molar-refractivity contribution >= 4 is 52.3 Å². The van der Waals surface area contributed by atoms with Gasteiger partial charge in [-0.1, -0.05) is 11.6 Å². The molecule has 4 atom stereocenters. The summed E-state index contributed by atoms with van der Waals surface area (Å²) in [6.07, 6.45) is -2.71. The van der Waals surface area contributed by atoms with Crippen LogP contribution in [0.2, 0.25) is 10.4 Å². The highest BCUT2D eigenvalue weighted by Gasteiger charge is 2.51. The van der Waals surface area contributed by atoms with Crippen LogP contribution in [0.15, 0.2) is 6.33 Å². The predicted octanol–water partition coefficient (Wildman–Crippen LogP) is 1.46. The van der Waals surface area contributed by atoms with Crippen molar-refractivity contribution in [1.82, 2.24) is 19.5 Å². The molecule has 1 saturated heterocycles. The summed E-state index contributed by atoms with van der Waals surface area (Å²) in [4.78, 5) is 46.6. The van der Waals surface area contributed by atoms with Crippen molar-refractivity contribution in [2.75, 3.05) is 6.61 Å². The van der Waals surface area contributed by atoms with E-state index in [4.69, 9.17) is 42.1 Å². The van der Waals surface area contributed by atoms with Crippen LogP contribution in [-0.2, 0) is 33.3 Å². The molecule has 3 heterocycles. The Hall–Kier alpha value is -2.50. The van der Waals surface area contributed by atoms with Crippen molar-refractivity contribution in [3.63, 3.8) is 0 Å². The summed E-state index contributed by atoms with van der Waals surface area (Å²) in [5.74, 6) is -1.82. The van der Waals surface area contributed by atoms with Crippen LogP contribution in [0.3, 0.4) is 0 Å². The zero-order valence-electron chi connectivity index (χ0n) is 15.5. The van der Waals surface area contributed by atoms with E-state index in [0.29, 0.717) is 0 Å². The highest BCUT2D eigenvalue weighted by molar-refractivity contribution is 6.35. The van der Waals surface area contributed by atoms with Gasteiger partial charge in [0.25, 0.3) is 0 Å². The summed E-state index contributed by atoms with van der Waals surface area (Å²) in [6.45, 7) is 3.38. The molecule has 2 aromatic rings. The standard InChI is InChI=1S/C16H16Cl2N4O7/c1-6(23)26-4-9-11(27-7(2)24)12(28-8(3)25)15(29-9)22-5-19-10-13(17)20-16(18)21-14(10)22/h5,9,11-12,15H,4H2,1-3H3/t9-,11-,12-,15+/m0/s1. The van der Waals surface area contributed by atoms with Gasteiger partial charge in [0, 0.05) is 20.8 Å². The lowest BCUT2D eigenvalue weighted by atomic mass is 10.1. The van der Waals surface area contributed by atoms with Crippen LogP contribution in [0.5, 0.6) is 0 Å². The van der Waals surface area contributed by atoms with E-state index in [0.717, 1.165) is 0 Å². The molecule has 0 amide bonds. The van der Waals surface area contributed by atoms with Crippen LogP contribution in [0, 0.1) is 0 Å². The predicted molar refractivity (Wildman–Crippen MR) is 97.0 cm³/mol. The number of hydrogen-bond acceptors (Lipinski definition) is 10. The maximum atomic E-state index is 11.7. The average molecular weight is 447 g/mol. The van der Waals surface area contributed by atoms with Crippen LogP contribution in [-0.4, -0.2) is 62.3 Å². The van der Waals surface area contributed by atoms with E-state index in [9.17, 15) is 14.4 Å². The molecule has 1 aliphatic rings. The molecule has 0 saturated carbocycles. The number of imidazole rings is 1. The molecule has 0 bridgehead atoms. The first-order valence-electron chi connectivity index (χ1n) is 8.36. The number of carbonyl (C=O) groups is 3. The Morgan fingerprint density at radius 1 is 1.07 bits per heavy atom. The SMILES string of the molecule is CC(=O)OC[C@@H]1O[C@@H](n2cnc3c(Cl)nc(Cl)nc32)[C@@H](OC(C)=O)[C@H]1OC(C)=O. The number of fused-ring (bicyclic) bond motifs is 1. The third kappa shape index (κ3) is 4.57. The van der Waals surface area contributed by atoms with Crippen molar-refractivity contribution in [1.29, 1.82) is 0 Å². The lowest BCUT2D eigenvalue weighted by Crippen LogP contribution is -2.40. The minimum Gasteiger partial charge on any atom is -0.463 e. The maximum Gasteiger partial charge on any atom is 0.303 e. The molecule has 0 unspecified atom stereocenters. The highest BCUT2D eigenvalue weighted by Crippen LogP contribution is 2.36. The molecule has 0 radical (unpaired) electrons. The zero-order valence-corrected chi connectivity index (χ0v) is 17.0. The molecule has 1 fully saturated rings. The van der Waals surface area contributed by atoms with Crippen LogP contribution < -0.4 is 0 Å². The van der Waals surface area contributed by atoms with Gasteiger partial charge in [-0.25, -0.2) is 9.97 Å². The summed E-state index contributed by atoms with van der Waals surface area (Å²) in [5, 5.41) is -0.104. The van der Waals surface area contributed by atoms with Gasteiger partial charge >= 0.3 is 17.9 Å². The molecule has 0 aromatic carbocycles. The second-order valence-corrected chi connectivity index (χ2v) is 6.82. The highest BCUT2D eigenvalue weighted by atomic mass is 35.5. The first-order valence-corrected chi connectivity index (χ1v) is 9.11. The Bertz CT molecular complexity index is 966. The lowest BCUT2D eigenvalue weighted by molar-refractivity contribution is -0.166. The van der Waals surface area contributed by atoms with Crippen molar-refractivity contribution in [3.05, 3.63) is 16.8 Å². The Morgan fingerprint density at radius 2 is 1.72 bits per heavy atom. The van der Waals surface area contributed by atoms with Gasteiger partial charge in [-0.3, -0.25) is 19.0 Å². The molecule has 0 N–H and O–H groups in total. The molecule has 13 heteroatoms. The monoisotopic (exact) mass is 446 g/mol. The van der Waals surface area contributed by atoms with Crippen molar-refractivity contribution < 1.29 is 33.3 Å². The van der Waals surface area contributed by atoms with Crippen molar-refractivity contribution in [2.24, 2.45) is 0 Å². The summed E-state index contributed by atoms with van der Waals surface area (Å²) >= 11 is 11.9. The number of halogens is 2. The van der Waals surface area contributed by atoms with E-state index in [1.807, 2.05) is 0 Å². The minimum absolute atomic E-state index is 0.0220. The second-order valence-electron chi connectivity index (χ2n) is 6.12. The Balaban J connectivity index is 2.04. The maximum absolute atomic E-state index is 11.7. The van der Waals surface area contributed by atoms with Crippen LogP contribution in [0.4, 0.5) is 0 Å². The first kappa shape index (κ1) is 21.2. The number of rotatable bonds is 5. The fraction of sp³-hybridized carbons (Fsp3) is 0.500. The van der Waals surface area contributed by atoms with Crippen molar-refractivity contribution in [3.8, 4) is 0 Å². The molecule has 2 aromatic heterocycles. The molecule has 156 valence electrons. The fourth-order valence-corrected chi connectivity index (χ4v) is 3.38. The second kappa shape index (κ2) is 8.47. The Labute approximate surface area is 174 Å². The van der Waals surface area contributed by atoms with Gasteiger partial charge in [0.1, 0.15) is 18.2 Å². The molecular formula is C16H16Cl2N4O7. The van der Waals surface area contributed by atoms with Crippen molar-refractivity contribution in [2.45, 2.75) is 45.3 Å². The average Bonchev–Trinajstić information content (AvgIpc) is 3.15. The molecule has 29 heavy (non-hydrogen) atoms. The molecule has 0 spiro atoms. The summed E-state index contributed by atoms with van der Waals surface area (Å²) in [5.41, 5.74) is 0.459. The van der Waals surface area contributed by atoms with Gasteiger partial charge in [-0.15, -0.1) is 0 Å². The normalized spacial score (nSPS) is 23.8. The van der Waals surface area contributed by atoms with Gasteiger partial charge < -0.3 is 18.9 Å². The third-order valence-corrected chi connectivity index (χ3v) is 4.40. The topological polar surface area (TPSA) is 132 Å². The van der Waals surface area contributed by atoms with Gasteiger partial charge in [0.05, 0.1) is 6.33 Å². The molecule has 3 rings (SSSR count). The number of esters is 3. The van der Waals surface area contributed by atoms with E-state index >= 15 is 0 Å². The van der Waals surface area contributed by atoms with Crippen LogP contribution in [0.1, 0.15) is 27.0 Å². The van der Waals surface area contributed by atoms with Gasteiger partial charge in [0.2, 0.25) is 5.28 Å². The van der Waals surface area contributed by atoms with Crippen LogP contribution in [0.25, 0.3) is 11.2 Å². The largest absolute Gasteiger partial charge is 0.463 e. The van der Waals surface area contributed by atoms with E-state index in [2.05, 4.69) is 15.0 Å². The summed E-state index contributed by atoms with van der Waals surface area (Å²) in [7, 11) is 0.